The van der Waals surface area contributed by atoms with Crippen LogP contribution in [0.1, 0.15) is 43.5 Å². The molecule has 2 aromatic rings. The van der Waals surface area contributed by atoms with Gasteiger partial charge in [-0.3, -0.25) is 10.1 Å². The van der Waals surface area contributed by atoms with Crippen LogP contribution in [0.15, 0.2) is 9.80 Å². The second-order valence-electron chi connectivity index (χ2n) is 5.42. The number of carbonyl (C=O) groups excluding carboxylic acids is 1. The van der Waals surface area contributed by atoms with Gasteiger partial charge in [-0.25, -0.2) is 4.98 Å². The average Bonchev–Trinajstić information content (AvgIpc) is 3.09. The van der Waals surface area contributed by atoms with E-state index >= 15 is 0 Å². The summed E-state index contributed by atoms with van der Waals surface area (Å²) in [5, 5.41) is 13.2. The Bertz CT molecular complexity index is 616. The Balaban J connectivity index is 1.57. The van der Waals surface area contributed by atoms with E-state index in [4.69, 9.17) is 4.42 Å². The highest BCUT2D eigenvalue weighted by Crippen LogP contribution is 2.27. The second kappa shape index (κ2) is 6.34. The van der Waals surface area contributed by atoms with E-state index in [2.05, 4.69) is 20.5 Å². The lowest BCUT2D eigenvalue weighted by Gasteiger charge is -2.20. The lowest BCUT2D eigenvalue weighted by atomic mass is 9.87. The molecule has 0 spiro atoms. The number of aromatic nitrogens is 3. The summed E-state index contributed by atoms with van der Waals surface area (Å²) < 4.78 is 5.43. The number of anilines is 1. The number of nitrogens with zero attached hydrogens (tertiary/aromatic N) is 3. The third-order valence-electron chi connectivity index (χ3n) is 3.71. The maximum Gasteiger partial charge on any atom is 0.322 e. The molecule has 2 heterocycles. The number of carbonyl (C=O) groups is 1. The van der Waals surface area contributed by atoms with E-state index < -0.39 is 0 Å². The van der Waals surface area contributed by atoms with Crippen molar-refractivity contribution in [2.45, 2.75) is 45.4 Å². The molecule has 0 saturated heterocycles. The van der Waals surface area contributed by atoms with Crippen LogP contribution in [0.2, 0.25) is 0 Å². The molecule has 3 rings (SSSR count). The fourth-order valence-corrected chi connectivity index (χ4v) is 3.25. The first kappa shape index (κ1) is 14.2. The van der Waals surface area contributed by atoms with Crippen LogP contribution in [0.4, 0.5) is 6.01 Å². The molecule has 1 fully saturated rings. The van der Waals surface area contributed by atoms with Gasteiger partial charge in [0.2, 0.25) is 5.91 Å². The van der Waals surface area contributed by atoms with Crippen molar-refractivity contribution in [3.05, 3.63) is 10.4 Å². The van der Waals surface area contributed by atoms with Crippen molar-refractivity contribution in [2.75, 3.05) is 5.32 Å². The first-order valence-corrected chi connectivity index (χ1v) is 8.14. The number of aryl methyl sites for hydroxylation is 1. The Kier molecular flexibility index (Phi) is 4.28. The van der Waals surface area contributed by atoms with Gasteiger partial charge in [0.25, 0.3) is 5.89 Å². The molecule has 0 atom stereocenters. The average molecular weight is 306 g/mol. The minimum absolute atomic E-state index is 0.0495. The second-order valence-corrected chi connectivity index (χ2v) is 6.48. The van der Waals surface area contributed by atoms with E-state index in [0.29, 0.717) is 23.9 Å². The summed E-state index contributed by atoms with van der Waals surface area (Å²) in [7, 11) is 0. The number of amides is 1. The summed E-state index contributed by atoms with van der Waals surface area (Å²) in [5.74, 6) is 0.779. The van der Waals surface area contributed by atoms with Gasteiger partial charge in [0.15, 0.2) is 0 Å². The summed E-state index contributed by atoms with van der Waals surface area (Å²) in [5.41, 5.74) is 0.651. The summed E-state index contributed by atoms with van der Waals surface area (Å²) in [6, 6.07) is 0.150. The van der Waals surface area contributed by atoms with Crippen molar-refractivity contribution >= 4 is 23.3 Å². The van der Waals surface area contributed by atoms with Gasteiger partial charge in [0.05, 0.1) is 5.01 Å². The topological polar surface area (TPSA) is 80.9 Å². The minimum atomic E-state index is -0.0495. The Morgan fingerprint density at radius 3 is 2.90 bits per heavy atom. The van der Waals surface area contributed by atoms with Crippen LogP contribution in [-0.4, -0.2) is 21.1 Å². The Hall–Kier alpha value is -1.76. The quantitative estimate of drug-likeness (QED) is 0.936. The van der Waals surface area contributed by atoms with Gasteiger partial charge in [-0.2, -0.15) is 0 Å². The number of hydrogen-bond acceptors (Lipinski definition) is 6. The van der Waals surface area contributed by atoms with E-state index in [-0.39, 0.29) is 11.9 Å². The number of hydrogen-bond donors (Lipinski definition) is 1. The maximum absolute atomic E-state index is 12.0. The molecule has 6 nitrogen and oxygen atoms in total. The highest BCUT2D eigenvalue weighted by atomic mass is 32.1. The van der Waals surface area contributed by atoms with Gasteiger partial charge >= 0.3 is 6.01 Å². The molecule has 1 N–H and O–H groups in total. The molecule has 1 amide bonds. The van der Waals surface area contributed by atoms with Crippen molar-refractivity contribution < 1.29 is 9.21 Å². The van der Waals surface area contributed by atoms with E-state index in [1.165, 1.54) is 30.6 Å². The summed E-state index contributed by atoms with van der Waals surface area (Å²) in [6.45, 7) is 1.91. The molecule has 0 unspecified atom stereocenters. The first-order chi connectivity index (χ1) is 10.2. The smallest absolute Gasteiger partial charge is 0.322 e. The molecule has 0 aliphatic heterocycles. The van der Waals surface area contributed by atoms with Crippen LogP contribution in [0, 0.1) is 12.8 Å². The number of rotatable bonds is 4. The predicted molar refractivity (Wildman–Crippen MR) is 80.0 cm³/mol. The van der Waals surface area contributed by atoms with E-state index in [9.17, 15) is 4.79 Å². The number of thiazole rings is 1. The summed E-state index contributed by atoms with van der Waals surface area (Å²) in [4.78, 5) is 16.3. The first-order valence-electron chi connectivity index (χ1n) is 7.26. The molecule has 2 aromatic heterocycles. The lowest BCUT2D eigenvalue weighted by Crippen LogP contribution is -2.18. The third-order valence-corrected chi connectivity index (χ3v) is 4.48. The molecule has 1 aliphatic rings. The van der Waals surface area contributed by atoms with Crippen molar-refractivity contribution in [2.24, 2.45) is 5.92 Å². The van der Waals surface area contributed by atoms with Gasteiger partial charge < -0.3 is 4.42 Å². The normalized spacial score (nSPS) is 16.0. The van der Waals surface area contributed by atoms with Crippen LogP contribution in [-0.2, 0) is 4.79 Å². The third kappa shape index (κ3) is 3.66. The molecular weight excluding hydrogens is 288 g/mol. The molecule has 7 heteroatoms. The van der Waals surface area contributed by atoms with Crippen LogP contribution in [0.25, 0.3) is 11.6 Å². The summed E-state index contributed by atoms with van der Waals surface area (Å²) in [6.07, 6.45) is 6.56. The largest absolute Gasteiger partial charge is 0.401 e. The van der Waals surface area contributed by atoms with Gasteiger partial charge in [-0.15, -0.1) is 16.4 Å². The van der Waals surface area contributed by atoms with Crippen LogP contribution >= 0.6 is 11.3 Å². The minimum Gasteiger partial charge on any atom is -0.401 e. The Labute approximate surface area is 127 Å². The maximum atomic E-state index is 12.0. The Morgan fingerprint density at radius 1 is 1.38 bits per heavy atom. The SMILES string of the molecule is Cc1nc(-c2nnc(NC(=O)CC3CCCCC3)o2)cs1. The fourth-order valence-electron chi connectivity index (χ4n) is 2.66. The number of nitrogens with one attached hydrogen (secondary N) is 1. The molecule has 0 radical (unpaired) electrons. The van der Waals surface area contributed by atoms with Crippen LogP contribution < -0.4 is 5.32 Å². The predicted octanol–water partition coefficient (Wildman–Crippen LogP) is 3.41. The van der Waals surface area contributed by atoms with Crippen molar-refractivity contribution in [3.8, 4) is 11.6 Å². The zero-order chi connectivity index (χ0) is 14.7. The van der Waals surface area contributed by atoms with Crippen molar-refractivity contribution in [1.29, 1.82) is 0 Å². The molecule has 21 heavy (non-hydrogen) atoms. The molecule has 112 valence electrons. The lowest BCUT2D eigenvalue weighted by molar-refractivity contribution is -0.117. The van der Waals surface area contributed by atoms with Crippen LogP contribution in [0.5, 0.6) is 0 Å². The van der Waals surface area contributed by atoms with Crippen LogP contribution in [0.3, 0.4) is 0 Å². The van der Waals surface area contributed by atoms with Crippen molar-refractivity contribution in [1.82, 2.24) is 15.2 Å². The van der Waals surface area contributed by atoms with Gasteiger partial charge in [-0.05, 0) is 25.7 Å². The highest BCUT2D eigenvalue weighted by Gasteiger charge is 2.19. The fraction of sp³-hybridized carbons (Fsp3) is 0.571. The summed E-state index contributed by atoms with van der Waals surface area (Å²) >= 11 is 1.52. The highest BCUT2D eigenvalue weighted by molar-refractivity contribution is 7.09. The Morgan fingerprint density at radius 2 is 2.19 bits per heavy atom. The standard InChI is InChI=1S/C14H18N4O2S/c1-9-15-11(8-21-9)13-17-18-14(20-13)16-12(19)7-10-5-3-2-4-6-10/h8,10H,2-7H2,1H3,(H,16,18,19). The zero-order valence-corrected chi connectivity index (χ0v) is 12.8. The zero-order valence-electron chi connectivity index (χ0n) is 12.0. The van der Waals surface area contributed by atoms with E-state index in [0.717, 1.165) is 17.8 Å². The molecule has 1 aliphatic carbocycles. The van der Waals surface area contributed by atoms with Gasteiger partial charge in [0.1, 0.15) is 5.69 Å². The van der Waals surface area contributed by atoms with E-state index in [1.54, 1.807) is 0 Å². The molecule has 0 bridgehead atoms. The monoisotopic (exact) mass is 306 g/mol. The van der Waals surface area contributed by atoms with Gasteiger partial charge in [0, 0.05) is 11.8 Å². The molecule has 1 saturated carbocycles. The molecular formula is C14H18N4O2S. The van der Waals surface area contributed by atoms with E-state index in [1.807, 2.05) is 12.3 Å². The van der Waals surface area contributed by atoms with Gasteiger partial charge in [-0.1, -0.05) is 24.4 Å². The molecule has 0 aromatic carbocycles. The van der Waals surface area contributed by atoms with Crippen molar-refractivity contribution in [3.63, 3.8) is 0 Å².